The number of alkyl halides is 3. The number of ether oxygens (including phenoxy) is 2. The minimum absolute atomic E-state index is 0.0129. The molecule has 0 aliphatic rings. The quantitative estimate of drug-likeness (QED) is 0.854. The van der Waals surface area contributed by atoms with Gasteiger partial charge in [0.05, 0.1) is 36.7 Å². The van der Waals surface area contributed by atoms with E-state index in [4.69, 9.17) is 9.47 Å². The van der Waals surface area contributed by atoms with Crippen LogP contribution in [0.4, 0.5) is 24.5 Å². The van der Waals surface area contributed by atoms with Crippen molar-refractivity contribution in [3.63, 3.8) is 0 Å². The zero-order chi connectivity index (χ0) is 17.9. The molecule has 5 nitrogen and oxygen atoms in total. The van der Waals surface area contributed by atoms with Crippen LogP contribution in [0, 0.1) is 0 Å². The molecule has 0 saturated carbocycles. The average Bonchev–Trinajstić information content (AvgIpc) is 2.54. The van der Waals surface area contributed by atoms with Gasteiger partial charge in [0.1, 0.15) is 11.5 Å². The maximum atomic E-state index is 12.7. The van der Waals surface area contributed by atoms with Crippen LogP contribution in [0.15, 0.2) is 36.4 Å². The highest BCUT2D eigenvalue weighted by atomic mass is 19.4. The van der Waals surface area contributed by atoms with E-state index >= 15 is 0 Å². The van der Waals surface area contributed by atoms with Gasteiger partial charge < -0.3 is 19.9 Å². The number of carboxylic acids is 1. The third-order valence-corrected chi connectivity index (χ3v) is 3.26. The van der Waals surface area contributed by atoms with Gasteiger partial charge in [0.2, 0.25) is 0 Å². The Morgan fingerprint density at radius 3 is 2.25 bits per heavy atom. The highest BCUT2D eigenvalue weighted by molar-refractivity contribution is 5.95. The molecule has 2 aromatic carbocycles. The van der Waals surface area contributed by atoms with Gasteiger partial charge in [0.25, 0.3) is 0 Å². The summed E-state index contributed by atoms with van der Waals surface area (Å²) in [5.41, 5.74) is -1.13. The fraction of sp³-hybridized carbons (Fsp3) is 0.188. The van der Waals surface area contributed by atoms with Crippen molar-refractivity contribution in [3.05, 3.63) is 47.5 Å². The highest BCUT2D eigenvalue weighted by Gasteiger charge is 2.31. The van der Waals surface area contributed by atoms with Crippen molar-refractivity contribution in [3.8, 4) is 11.5 Å². The maximum Gasteiger partial charge on any atom is 0.416 e. The molecular formula is C16H14F3NO4. The molecule has 2 rings (SSSR count). The Balaban J connectivity index is 2.45. The number of halogens is 3. The van der Waals surface area contributed by atoms with Crippen LogP contribution in [-0.2, 0) is 6.18 Å². The van der Waals surface area contributed by atoms with Gasteiger partial charge in [-0.25, -0.2) is 4.79 Å². The van der Waals surface area contributed by atoms with Gasteiger partial charge >= 0.3 is 12.1 Å². The predicted octanol–water partition coefficient (Wildman–Crippen LogP) is 4.16. The second-order valence-corrected chi connectivity index (χ2v) is 4.75. The number of methoxy groups -OCH3 is 2. The van der Waals surface area contributed by atoms with E-state index in [-0.39, 0.29) is 5.69 Å². The van der Waals surface area contributed by atoms with Crippen LogP contribution in [0.5, 0.6) is 11.5 Å². The second-order valence-electron chi connectivity index (χ2n) is 4.75. The van der Waals surface area contributed by atoms with Crippen molar-refractivity contribution in [1.82, 2.24) is 0 Å². The molecule has 2 aromatic rings. The molecule has 0 atom stereocenters. The molecule has 2 N–H and O–H groups in total. The third kappa shape index (κ3) is 3.70. The molecule has 0 radical (unpaired) electrons. The van der Waals surface area contributed by atoms with Crippen LogP contribution in [0.3, 0.4) is 0 Å². The molecule has 0 aliphatic carbocycles. The summed E-state index contributed by atoms with van der Waals surface area (Å²) in [6.07, 6.45) is -4.62. The van der Waals surface area contributed by atoms with E-state index in [9.17, 15) is 23.1 Å². The predicted molar refractivity (Wildman–Crippen MR) is 81.2 cm³/mol. The number of benzene rings is 2. The Labute approximate surface area is 135 Å². The molecule has 0 saturated heterocycles. The Hall–Kier alpha value is -2.90. The van der Waals surface area contributed by atoms with Gasteiger partial charge in [-0.15, -0.1) is 0 Å². The fourth-order valence-corrected chi connectivity index (χ4v) is 2.05. The van der Waals surface area contributed by atoms with Gasteiger partial charge in [0, 0.05) is 6.07 Å². The lowest BCUT2D eigenvalue weighted by atomic mass is 10.1. The molecule has 0 amide bonds. The summed E-state index contributed by atoms with van der Waals surface area (Å²) in [5.74, 6) is -0.607. The van der Waals surface area contributed by atoms with E-state index in [1.807, 2.05) is 0 Å². The van der Waals surface area contributed by atoms with Crippen molar-refractivity contribution in [2.75, 3.05) is 19.5 Å². The molecule has 0 fully saturated rings. The van der Waals surface area contributed by atoms with Crippen molar-refractivity contribution < 1.29 is 32.5 Å². The lowest BCUT2D eigenvalue weighted by molar-refractivity contribution is -0.137. The van der Waals surface area contributed by atoms with Crippen LogP contribution in [0.2, 0.25) is 0 Å². The zero-order valence-electron chi connectivity index (χ0n) is 12.8. The van der Waals surface area contributed by atoms with Crippen molar-refractivity contribution in [2.24, 2.45) is 0 Å². The van der Waals surface area contributed by atoms with E-state index in [0.717, 1.165) is 12.1 Å². The van der Waals surface area contributed by atoms with E-state index in [0.29, 0.717) is 23.3 Å². The molecule has 0 unspecified atom stereocenters. The van der Waals surface area contributed by atoms with Gasteiger partial charge in [-0.2, -0.15) is 13.2 Å². The summed E-state index contributed by atoms with van der Waals surface area (Å²) >= 11 is 0. The zero-order valence-corrected chi connectivity index (χ0v) is 12.8. The van der Waals surface area contributed by atoms with Gasteiger partial charge in [-0.05, 0) is 30.3 Å². The minimum Gasteiger partial charge on any atom is -0.497 e. The number of carbonyl (C=O) groups is 1. The van der Waals surface area contributed by atoms with Crippen molar-refractivity contribution >= 4 is 17.3 Å². The summed E-state index contributed by atoms with van der Waals surface area (Å²) in [6.45, 7) is 0. The van der Waals surface area contributed by atoms with Crippen molar-refractivity contribution in [1.29, 1.82) is 0 Å². The lowest BCUT2D eigenvalue weighted by Gasteiger charge is -2.15. The number of hydrogen-bond acceptors (Lipinski definition) is 4. The first-order chi connectivity index (χ1) is 11.3. The summed E-state index contributed by atoms with van der Waals surface area (Å²) in [6, 6.07) is 7.20. The van der Waals surface area contributed by atoms with Gasteiger partial charge in [0.15, 0.2) is 0 Å². The first-order valence-corrected chi connectivity index (χ1v) is 6.70. The number of anilines is 2. The van der Waals surface area contributed by atoms with E-state index in [2.05, 4.69) is 5.32 Å². The Kier molecular flexibility index (Phi) is 4.87. The normalized spacial score (nSPS) is 11.0. The molecule has 0 heterocycles. The maximum absolute atomic E-state index is 12.7. The molecule has 24 heavy (non-hydrogen) atoms. The molecule has 0 bridgehead atoms. The van der Waals surface area contributed by atoms with Crippen LogP contribution in [-0.4, -0.2) is 25.3 Å². The van der Waals surface area contributed by atoms with E-state index in [1.54, 1.807) is 18.2 Å². The Morgan fingerprint density at radius 2 is 1.71 bits per heavy atom. The van der Waals surface area contributed by atoms with Crippen LogP contribution >= 0.6 is 0 Å². The largest absolute Gasteiger partial charge is 0.497 e. The van der Waals surface area contributed by atoms with Gasteiger partial charge in [-0.3, -0.25) is 0 Å². The minimum atomic E-state index is -4.62. The number of aromatic carboxylic acids is 1. The fourth-order valence-electron chi connectivity index (χ4n) is 2.05. The second kappa shape index (κ2) is 6.69. The standard InChI is InChI=1S/C16H14F3NO4/c1-23-10-4-6-13(14(8-10)24-2)20-12-5-3-9(16(17,18)19)7-11(12)15(21)22/h3-8,20H,1-2H3,(H,21,22). The average molecular weight is 341 g/mol. The number of nitrogens with one attached hydrogen (secondary N) is 1. The number of rotatable bonds is 5. The topological polar surface area (TPSA) is 67.8 Å². The monoisotopic (exact) mass is 341 g/mol. The first-order valence-electron chi connectivity index (χ1n) is 6.70. The summed E-state index contributed by atoms with van der Waals surface area (Å²) in [7, 11) is 2.88. The summed E-state index contributed by atoms with van der Waals surface area (Å²) in [4.78, 5) is 11.3. The molecule has 128 valence electrons. The molecule has 0 aromatic heterocycles. The van der Waals surface area contributed by atoms with E-state index in [1.165, 1.54) is 14.2 Å². The number of carboxylic acid groups (broad SMARTS) is 1. The Bertz CT molecular complexity index is 759. The van der Waals surface area contributed by atoms with Crippen LogP contribution in [0.1, 0.15) is 15.9 Å². The van der Waals surface area contributed by atoms with Gasteiger partial charge in [-0.1, -0.05) is 0 Å². The molecule has 0 spiro atoms. The molecular weight excluding hydrogens is 327 g/mol. The number of hydrogen-bond donors (Lipinski definition) is 2. The summed E-state index contributed by atoms with van der Waals surface area (Å²) < 4.78 is 48.5. The molecule has 0 aliphatic heterocycles. The third-order valence-electron chi connectivity index (χ3n) is 3.26. The Morgan fingerprint density at radius 1 is 1.04 bits per heavy atom. The van der Waals surface area contributed by atoms with Crippen LogP contribution < -0.4 is 14.8 Å². The highest BCUT2D eigenvalue weighted by Crippen LogP contribution is 2.35. The van der Waals surface area contributed by atoms with Crippen molar-refractivity contribution in [2.45, 2.75) is 6.18 Å². The van der Waals surface area contributed by atoms with E-state index < -0.39 is 23.3 Å². The smallest absolute Gasteiger partial charge is 0.416 e. The summed E-state index contributed by atoms with van der Waals surface area (Å²) in [5, 5.41) is 12.0. The lowest BCUT2D eigenvalue weighted by Crippen LogP contribution is -2.09. The van der Waals surface area contributed by atoms with Crippen LogP contribution in [0.25, 0.3) is 0 Å². The SMILES string of the molecule is COc1ccc(Nc2ccc(C(F)(F)F)cc2C(=O)O)c(OC)c1. The first kappa shape index (κ1) is 17.5. The molecule has 8 heteroatoms.